The number of aliphatic hydroxyl groups excluding tert-OH is 1. The van der Waals surface area contributed by atoms with Crippen molar-refractivity contribution in [2.75, 3.05) is 7.05 Å². The Hall–Kier alpha value is -3.39. The second-order valence-electron chi connectivity index (χ2n) is 12.7. The fraction of sp³-hybridized carbons (Fsp3) is 0.500. The number of ether oxygens (including phenoxy) is 1. The molecule has 1 unspecified atom stereocenters. The van der Waals surface area contributed by atoms with E-state index >= 15 is 0 Å². The van der Waals surface area contributed by atoms with Crippen molar-refractivity contribution in [2.45, 2.75) is 64.1 Å². The second kappa shape index (κ2) is 8.80. The average Bonchev–Trinajstić information content (AvgIpc) is 3.65. The lowest BCUT2D eigenvalue weighted by Gasteiger charge is -2.60. The summed E-state index contributed by atoms with van der Waals surface area (Å²) in [6.45, 7) is 4.45. The van der Waals surface area contributed by atoms with Gasteiger partial charge >= 0.3 is 0 Å². The molecule has 0 bridgehead atoms. The van der Waals surface area contributed by atoms with Crippen molar-refractivity contribution in [1.82, 2.24) is 15.1 Å². The quantitative estimate of drug-likeness (QED) is 0.463. The molecular formula is C32H36FN3O4. The number of hydrogen-bond donors (Lipinski definition) is 2. The van der Waals surface area contributed by atoms with Crippen LogP contribution in [0.15, 0.2) is 58.8 Å². The number of benzene rings is 1. The number of amides is 1. The highest BCUT2D eigenvalue weighted by Crippen LogP contribution is 2.68. The Morgan fingerprint density at radius 2 is 2.02 bits per heavy atom. The van der Waals surface area contributed by atoms with Gasteiger partial charge in [0.2, 0.25) is 0 Å². The van der Waals surface area contributed by atoms with Crippen LogP contribution in [0.2, 0.25) is 0 Å². The van der Waals surface area contributed by atoms with Crippen LogP contribution in [-0.2, 0) is 11.2 Å². The zero-order valence-electron chi connectivity index (χ0n) is 23.2. The smallest absolute Gasteiger partial charge is 0.285 e. The molecule has 7 rings (SSSR count). The summed E-state index contributed by atoms with van der Waals surface area (Å²) in [7, 11) is 1.65. The van der Waals surface area contributed by atoms with Crippen LogP contribution in [0.3, 0.4) is 0 Å². The predicted molar refractivity (Wildman–Crippen MR) is 147 cm³/mol. The molecule has 7 nitrogen and oxygen atoms in total. The van der Waals surface area contributed by atoms with Gasteiger partial charge in [-0.25, -0.2) is 9.07 Å². The van der Waals surface area contributed by atoms with Crippen LogP contribution in [0, 0.1) is 34.4 Å². The third kappa shape index (κ3) is 3.38. The van der Waals surface area contributed by atoms with Crippen LogP contribution < -0.4 is 10.1 Å². The summed E-state index contributed by atoms with van der Waals surface area (Å²) in [4.78, 5) is 13.6. The molecule has 40 heavy (non-hydrogen) atoms. The normalized spacial score (nSPS) is 36.1. The third-order valence-electron chi connectivity index (χ3n) is 11.0. The Morgan fingerprint density at radius 3 is 2.75 bits per heavy atom. The summed E-state index contributed by atoms with van der Waals surface area (Å²) in [5, 5.41) is 19.5. The molecule has 0 radical (unpaired) electrons. The molecule has 2 N–H and O–H groups in total. The van der Waals surface area contributed by atoms with Gasteiger partial charge < -0.3 is 19.6 Å². The first kappa shape index (κ1) is 25.6. The van der Waals surface area contributed by atoms with Crippen molar-refractivity contribution in [3.8, 4) is 11.6 Å². The highest BCUT2D eigenvalue weighted by molar-refractivity contribution is 5.87. The van der Waals surface area contributed by atoms with E-state index in [0.29, 0.717) is 18.8 Å². The highest BCUT2D eigenvalue weighted by Gasteiger charge is 2.70. The molecule has 0 aliphatic heterocycles. The number of hydrogen-bond acceptors (Lipinski definition) is 5. The number of carbonyl (C=O) groups is 1. The Labute approximate surface area is 233 Å². The number of halogens is 1. The number of fused-ring (bicyclic) bond motifs is 6. The van der Waals surface area contributed by atoms with Gasteiger partial charge in [-0.15, -0.1) is 0 Å². The van der Waals surface area contributed by atoms with E-state index in [4.69, 9.17) is 9.15 Å². The van der Waals surface area contributed by atoms with Crippen LogP contribution in [0.5, 0.6) is 5.95 Å². The molecule has 3 aromatic rings. The van der Waals surface area contributed by atoms with E-state index in [-0.39, 0.29) is 34.9 Å². The lowest BCUT2D eigenvalue weighted by molar-refractivity contribution is -0.176. The van der Waals surface area contributed by atoms with Crippen LogP contribution in [0.1, 0.15) is 57.2 Å². The maximum Gasteiger partial charge on any atom is 0.285 e. The molecular weight excluding hydrogens is 509 g/mol. The number of nitrogens with one attached hydrogen (secondary N) is 1. The van der Waals surface area contributed by atoms with E-state index in [9.17, 15) is 14.3 Å². The second-order valence-corrected chi connectivity index (χ2v) is 12.7. The first-order valence-electron chi connectivity index (χ1n) is 14.4. The summed E-state index contributed by atoms with van der Waals surface area (Å²) >= 11 is 0. The minimum atomic E-state index is -1.11. The van der Waals surface area contributed by atoms with Gasteiger partial charge in [-0.3, -0.25) is 4.79 Å². The van der Waals surface area contributed by atoms with E-state index in [1.807, 2.05) is 10.9 Å². The Kier molecular flexibility index (Phi) is 5.63. The van der Waals surface area contributed by atoms with Crippen molar-refractivity contribution in [1.29, 1.82) is 0 Å². The zero-order valence-corrected chi connectivity index (χ0v) is 23.2. The monoisotopic (exact) mass is 545 g/mol. The van der Waals surface area contributed by atoms with Gasteiger partial charge in [0.1, 0.15) is 5.82 Å². The first-order valence-corrected chi connectivity index (χ1v) is 14.4. The Bertz CT molecular complexity index is 1480. The number of nitrogens with zero attached hydrogens (tertiary/aromatic N) is 2. The van der Waals surface area contributed by atoms with Crippen LogP contribution in [0.25, 0.3) is 11.8 Å². The zero-order chi connectivity index (χ0) is 27.9. The third-order valence-corrected chi connectivity index (χ3v) is 11.0. The number of aliphatic hydroxyl groups is 1. The summed E-state index contributed by atoms with van der Waals surface area (Å²) in [6, 6.07) is 9.93. The predicted octanol–water partition coefficient (Wildman–Crippen LogP) is 5.32. The number of rotatable bonds is 4. The van der Waals surface area contributed by atoms with E-state index in [0.717, 1.165) is 42.6 Å². The lowest BCUT2D eigenvalue weighted by atomic mass is 9.45. The number of carbonyl (C=O) groups excluding carboxylic acids is 1. The molecule has 3 saturated carbocycles. The Morgan fingerprint density at radius 1 is 1.23 bits per heavy atom. The highest BCUT2D eigenvalue weighted by atomic mass is 19.1. The molecule has 2 aromatic heterocycles. The minimum Gasteiger partial charge on any atom is -0.448 e. The standard InChI is InChI=1S/C32H36FN3O4/c1-30-16-19-18-35-36(22-9-7-21(33)8-10-22)25(19)15-20(30)6-11-23-24-12-13-32(29(38)34-3,40-27-5-4-14-39-27)31(24,2)17-26(37)28(23)30/h4-5,7-10,14-15,18,23-24,26,28,37H,6,11-13,16-17H2,1-3H3,(H,34,38)/t23?,24-,26-,28+,30-,31-,32-/m0/s1. The van der Waals surface area contributed by atoms with Gasteiger partial charge in [-0.2, -0.15) is 5.10 Å². The summed E-state index contributed by atoms with van der Waals surface area (Å²) in [5.41, 5.74) is 2.48. The number of allylic oxidation sites excluding steroid dienone is 1. The van der Waals surface area contributed by atoms with Gasteiger partial charge in [0.15, 0.2) is 5.60 Å². The van der Waals surface area contributed by atoms with Crippen molar-refractivity contribution in [2.24, 2.45) is 28.6 Å². The summed E-state index contributed by atoms with van der Waals surface area (Å²) < 4.78 is 27.4. The van der Waals surface area contributed by atoms with Gasteiger partial charge in [0.05, 0.1) is 29.9 Å². The molecule has 210 valence electrons. The molecule has 1 aromatic carbocycles. The molecule has 7 atom stereocenters. The molecule has 3 fully saturated rings. The van der Waals surface area contributed by atoms with Gasteiger partial charge in [-0.05, 0) is 104 Å². The van der Waals surface area contributed by atoms with Gasteiger partial charge in [0, 0.05) is 18.5 Å². The van der Waals surface area contributed by atoms with Crippen molar-refractivity contribution < 1.29 is 23.4 Å². The van der Waals surface area contributed by atoms with Crippen molar-refractivity contribution in [3.63, 3.8) is 0 Å². The van der Waals surface area contributed by atoms with Gasteiger partial charge in [0.25, 0.3) is 11.9 Å². The molecule has 1 amide bonds. The topological polar surface area (TPSA) is 89.5 Å². The van der Waals surface area contributed by atoms with Gasteiger partial charge in [-0.1, -0.05) is 19.4 Å². The van der Waals surface area contributed by atoms with E-state index in [2.05, 4.69) is 30.3 Å². The van der Waals surface area contributed by atoms with Crippen LogP contribution in [0.4, 0.5) is 4.39 Å². The molecule has 8 heteroatoms. The maximum atomic E-state index is 13.6. The minimum absolute atomic E-state index is 0.0667. The summed E-state index contributed by atoms with van der Waals surface area (Å²) in [5.74, 6) is 0.468. The Balaban J connectivity index is 1.24. The average molecular weight is 546 g/mol. The SMILES string of the molecule is CNC(=O)[C@@]1(Oc2ccco2)CC[C@H]2C3CCC4=Cc5c(cnn5-c5ccc(F)cc5)C[C@]4(C)[C@H]3[C@@H](O)C[C@@]21C. The van der Waals surface area contributed by atoms with Crippen LogP contribution in [-0.4, -0.2) is 39.5 Å². The molecule has 0 saturated heterocycles. The van der Waals surface area contributed by atoms with Crippen molar-refractivity contribution >= 4 is 12.0 Å². The molecule has 4 aliphatic carbocycles. The maximum absolute atomic E-state index is 13.6. The van der Waals surface area contributed by atoms with E-state index in [1.165, 1.54) is 17.7 Å². The fourth-order valence-corrected chi connectivity index (χ4v) is 9.24. The van der Waals surface area contributed by atoms with E-state index < -0.39 is 17.1 Å². The lowest BCUT2D eigenvalue weighted by Crippen LogP contribution is -2.65. The van der Waals surface area contributed by atoms with E-state index in [1.54, 1.807) is 37.6 Å². The van der Waals surface area contributed by atoms with Crippen molar-refractivity contribution in [3.05, 3.63) is 71.5 Å². The van der Waals surface area contributed by atoms with Crippen LogP contribution >= 0.6 is 0 Å². The first-order chi connectivity index (χ1) is 19.2. The molecule has 4 aliphatic rings. The fourth-order valence-electron chi connectivity index (χ4n) is 9.24. The summed E-state index contributed by atoms with van der Waals surface area (Å²) in [6.07, 6.45) is 9.75. The molecule has 0 spiro atoms. The number of likely N-dealkylation sites (N-methyl/N-ethyl adjacent to an activating group) is 1. The largest absolute Gasteiger partial charge is 0.448 e. The molecule has 2 heterocycles. The number of aromatic nitrogens is 2. The number of furan rings is 1.